The van der Waals surface area contributed by atoms with Gasteiger partial charge in [0.2, 0.25) is 0 Å². The zero-order valence-electron chi connectivity index (χ0n) is 15.2. The highest BCUT2D eigenvalue weighted by atomic mass is 32.1. The van der Waals surface area contributed by atoms with Crippen LogP contribution in [0.25, 0.3) is 0 Å². The Hall–Kier alpha value is -2.39. The lowest BCUT2D eigenvalue weighted by molar-refractivity contribution is 0.0601. The third kappa shape index (κ3) is 4.30. The van der Waals surface area contributed by atoms with Gasteiger partial charge in [-0.15, -0.1) is 11.3 Å². The molecule has 144 valence electrons. The quantitative estimate of drug-likeness (QED) is 0.617. The molecule has 0 unspecified atom stereocenters. The molecule has 9 heteroatoms. The number of hydrogen-bond donors (Lipinski definition) is 1. The molecular formula is C18H21N3O4S2. The average Bonchev–Trinajstić information content (AvgIpc) is 3.37. The van der Waals surface area contributed by atoms with Crippen molar-refractivity contribution in [3.8, 4) is 0 Å². The summed E-state index contributed by atoms with van der Waals surface area (Å²) in [5, 5.41) is 4.40. The molecule has 0 atom stereocenters. The number of thiophene rings is 1. The summed E-state index contributed by atoms with van der Waals surface area (Å²) >= 11 is 7.01. The fraction of sp³-hybridized carbons (Fsp3) is 0.389. The van der Waals surface area contributed by atoms with Gasteiger partial charge in [0.1, 0.15) is 5.00 Å². The Morgan fingerprint density at radius 2 is 2.00 bits per heavy atom. The zero-order valence-corrected chi connectivity index (χ0v) is 16.8. The fourth-order valence-electron chi connectivity index (χ4n) is 2.82. The molecule has 2 aromatic heterocycles. The second-order valence-corrected chi connectivity index (χ2v) is 7.51. The van der Waals surface area contributed by atoms with E-state index < -0.39 is 0 Å². The summed E-state index contributed by atoms with van der Waals surface area (Å²) in [6.45, 7) is 4.35. The van der Waals surface area contributed by atoms with Gasteiger partial charge in [-0.1, -0.05) is 6.92 Å². The van der Waals surface area contributed by atoms with Crippen LogP contribution in [0.15, 0.2) is 28.9 Å². The van der Waals surface area contributed by atoms with Gasteiger partial charge in [-0.3, -0.25) is 4.79 Å². The molecule has 27 heavy (non-hydrogen) atoms. The number of carbonyl (C=O) groups is 2. The summed E-state index contributed by atoms with van der Waals surface area (Å²) in [6, 6.07) is 5.20. The molecule has 2 aromatic rings. The summed E-state index contributed by atoms with van der Waals surface area (Å²) in [4.78, 5) is 29.1. The van der Waals surface area contributed by atoms with Gasteiger partial charge in [0.15, 0.2) is 10.9 Å². The molecule has 0 saturated carbocycles. The van der Waals surface area contributed by atoms with Crippen molar-refractivity contribution >= 4 is 45.5 Å². The van der Waals surface area contributed by atoms with Gasteiger partial charge in [0.05, 0.1) is 18.9 Å². The van der Waals surface area contributed by atoms with Crippen molar-refractivity contribution < 1.29 is 18.7 Å². The molecule has 7 nitrogen and oxygen atoms in total. The Morgan fingerprint density at radius 3 is 2.59 bits per heavy atom. The van der Waals surface area contributed by atoms with Gasteiger partial charge in [0, 0.05) is 31.1 Å². The zero-order chi connectivity index (χ0) is 19.4. The number of rotatable bonds is 4. The summed E-state index contributed by atoms with van der Waals surface area (Å²) in [7, 11) is 1.36. The summed E-state index contributed by atoms with van der Waals surface area (Å²) < 4.78 is 10.0. The number of furan rings is 1. The molecule has 0 bridgehead atoms. The number of methoxy groups -OCH3 is 1. The molecular weight excluding hydrogens is 386 g/mol. The number of ether oxygens (including phenoxy) is 1. The fourth-order valence-corrected chi connectivity index (χ4v) is 4.15. The van der Waals surface area contributed by atoms with E-state index in [1.807, 2.05) is 17.9 Å². The molecule has 0 spiro atoms. The molecule has 1 N–H and O–H groups in total. The molecule has 3 rings (SSSR count). The van der Waals surface area contributed by atoms with Crippen LogP contribution in [0.1, 0.15) is 32.7 Å². The first kappa shape index (κ1) is 19.4. The highest BCUT2D eigenvalue weighted by Gasteiger charge is 2.26. The molecule has 0 aromatic carbocycles. The van der Waals surface area contributed by atoms with E-state index in [0.29, 0.717) is 47.6 Å². The highest BCUT2D eigenvalue weighted by Crippen LogP contribution is 2.29. The van der Waals surface area contributed by atoms with E-state index in [4.69, 9.17) is 21.4 Å². The number of nitrogens with one attached hydrogen (secondary N) is 1. The lowest BCUT2D eigenvalue weighted by atomic mass is 10.2. The van der Waals surface area contributed by atoms with Gasteiger partial charge in [-0.25, -0.2) is 4.79 Å². The van der Waals surface area contributed by atoms with Crippen molar-refractivity contribution in [1.82, 2.24) is 9.80 Å². The monoisotopic (exact) mass is 407 g/mol. The third-order valence-corrected chi connectivity index (χ3v) is 5.90. The van der Waals surface area contributed by atoms with Crippen LogP contribution in [0.4, 0.5) is 5.00 Å². The second kappa shape index (κ2) is 8.53. The van der Waals surface area contributed by atoms with Crippen LogP contribution in [0.5, 0.6) is 0 Å². The average molecular weight is 408 g/mol. The first-order valence-corrected chi connectivity index (χ1v) is 9.85. The minimum absolute atomic E-state index is 0.114. The number of thiocarbonyl (C=S) groups is 1. The smallest absolute Gasteiger partial charge is 0.340 e. The van der Waals surface area contributed by atoms with Crippen LogP contribution in [-0.2, 0) is 11.2 Å². The molecule has 1 aliphatic heterocycles. The van der Waals surface area contributed by atoms with E-state index >= 15 is 0 Å². The topological polar surface area (TPSA) is 75.0 Å². The highest BCUT2D eigenvalue weighted by molar-refractivity contribution is 7.80. The number of esters is 1. The van der Waals surface area contributed by atoms with Crippen molar-refractivity contribution in [1.29, 1.82) is 0 Å². The molecule has 0 aliphatic carbocycles. The molecule has 0 radical (unpaired) electrons. The third-order valence-electron chi connectivity index (χ3n) is 4.34. The molecule has 1 amide bonds. The minimum atomic E-state index is -0.384. The van der Waals surface area contributed by atoms with Gasteiger partial charge >= 0.3 is 5.97 Å². The number of aryl methyl sites for hydroxylation is 1. The summed E-state index contributed by atoms with van der Waals surface area (Å²) in [5.41, 5.74) is 0.494. The Bertz CT molecular complexity index is 824. The van der Waals surface area contributed by atoms with Crippen LogP contribution in [0.3, 0.4) is 0 Å². The maximum Gasteiger partial charge on any atom is 0.340 e. The predicted octanol–water partition coefficient (Wildman–Crippen LogP) is 2.84. The van der Waals surface area contributed by atoms with Crippen molar-refractivity contribution in [2.24, 2.45) is 0 Å². The first-order valence-electron chi connectivity index (χ1n) is 8.63. The van der Waals surface area contributed by atoms with Gasteiger partial charge in [0.25, 0.3) is 5.91 Å². The van der Waals surface area contributed by atoms with E-state index in [-0.39, 0.29) is 11.9 Å². The van der Waals surface area contributed by atoms with Crippen LogP contribution < -0.4 is 5.32 Å². The van der Waals surface area contributed by atoms with Gasteiger partial charge < -0.3 is 24.3 Å². The number of carbonyl (C=O) groups excluding carboxylic acids is 2. The predicted molar refractivity (Wildman–Crippen MR) is 107 cm³/mol. The second-order valence-electron chi connectivity index (χ2n) is 5.99. The number of hydrogen-bond acceptors (Lipinski definition) is 6. The van der Waals surface area contributed by atoms with Crippen molar-refractivity contribution in [2.45, 2.75) is 13.3 Å². The van der Waals surface area contributed by atoms with Crippen LogP contribution in [0.2, 0.25) is 0 Å². The van der Waals surface area contributed by atoms with Gasteiger partial charge in [-0.2, -0.15) is 0 Å². The lowest BCUT2D eigenvalue weighted by Gasteiger charge is -2.35. The SMILES string of the molecule is CCc1cc(C(=O)OC)c(NC(=S)N2CCN(C(=O)c3ccco3)CC2)s1. The Labute approximate surface area is 166 Å². The maximum atomic E-state index is 12.3. The molecule has 3 heterocycles. The summed E-state index contributed by atoms with van der Waals surface area (Å²) in [6.07, 6.45) is 2.32. The first-order chi connectivity index (χ1) is 13.0. The maximum absolute atomic E-state index is 12.3. The largest absolute Gasteiger partial charge is 0.465 e. The van der Waals surface area contributed by atoms with Crippen LogP contribution >= 0.6 is 23.6 Å². The number of nitrogens with zero attached hydrogens (tertiary/aromatic N) is 2. The van der Waals surface area contributed by atoms with Crippen LogP contribution in [-0.4, -0.2) is 60.1 Å². The van der Waals surface area contributed by atoms with E-state index in [9.17, 15) is 9.59 Å². The number of piperazine rings is 1. The van der Waals surface area contributed by atoms with E-state index in [1.54, 1.807) is 17.0 Å². The Kier molecular flexibility index (Phi) is 6.12. The van der Waals surface area contributed by atoms with Crippen molar-refractivity contribution in [2.75, 3.05) is 38.6 Å². The number of anilines is 1. The summed E-state index contributed by atoms with van der Waals surface area (Å²) in [5.74, 6) is -0.153. The molecule has 1 aliphatic rings. The van der Waals surface area contributed by atoms with Crippen molar-refractivity contribution in [3.05, 3.63) is 40.7 Å². The Balaban J connectivity index is 1.61. The van der Waals surface area contributed by atoms with E-state index in [2.05, 4.69) is 5.32 Å². The molecule has 1 saturated heterocycles. The normalized spacial score (nSPS) is 14.1. The van der Waals surface area contributed by atoms with Crippen LogP contribution in [0, 0.1) is 0 Å². The Morgan fingerprint density at radius 1 is 1.30 bits per heavy atom. The van der Waals surface area contributed by atoms with E-state index in [1.165, 1.54) is 24.7 Å². The van der Waals surface area contributed by atoms with Gasteiger partial charge in [-0.05, 0) is 36.8 Å². The minimum Gasteiger partial charge on any atom is -0.465 e. The standard InChI is InChI=1S/C18H21N3O4S2/c1-3-12-11-13(17(23)24-2)15(27-12)19-18(26)21-8-6-20(7-9-21)16(22)14-5-4-10-25-14/h4-5,10-11H,3,6-9H2,1-2H3,(H,19,26). The van der Waals surface area contributed by atoms with Crippen molar-refractivity contribution in [3.63, 3.8) is 0 Å². The molecule has 1 fully saturated rings. The van der Waals surface area contributed by atoms with E-state index in [0.717, 1.165) is 11.3 Å². The lowest BCUT2D eigenvalue weighted by Crippen LogP contribution is -2.51. The number of amides is 1.